The topological polar surface area (TPSA) is 84.9 Å². The van der Waals surface area contributed by atoms with Crippen LogP contribution in [0.5, 0.6) is 11.5 Å². The molecule has 1 aliphatic rings. The Labute approximate surface area is 144 Å². The maximum absolute atomic E-state index is 11.7. The maximum Gasteiger partial charge on any atom is 0.326 e. The zero-order valence-corrected chi connectivity index (χ0v) is 14.0. The molecule has 0 bridgehead atoms. The van der Waals surface area contributed by atoms with Crippen LogP contribution in [0, 0.1) is 0 Å². The van der Waals surface area contributed by atoms with Gasteiger partial charge < -0.3 is 19.9 Å². The summed E-state index contributed by atoms with van der Waals surface area (Å²) < 4.78 is 10.5. The number of thioether (sulfide) groups is 1. The van der Waals surface area contributed by atoms with Gasteiger partial charge in [0, 0.05) is 6.08 Å². The Morgan fingerprint density at radius 3 is 2.88 bits per heavy atom. The number of fused-ring (bicyclic) bond motifs is 1. The Hall–Kier alpha value is -2.41. The zero-order valence-electron chi connectivity index (χ0n) is 13.2. The molecule has 0 spiro atoms. The predicted molar refractivity (Wildman–Crippen MR) is 93.3 cm³/mol. The smallest absolute Gasteiger partial charge is 0.326 e. The van der Waals surface area contributed by atoms with E-state index in [0.717, 1.165) is 5.56 Å². The number of nitrogens with one attached hydrogen (secondary N) is 1. The summed E-state index contributed by atoms with van der Waals surface area (Å²) in [5.74, 6) is 0.620. The van der Waals surface area contributed by atoms with Crippen molar-refractivity contribution in [2.45, 2.75) is 12.5 Å². The van der Waals surface area contributed by atoms with Crippen LogP contribution in [0.2, 0.25) is 0 Å². The van der Waals surface area contributed by atoms with Crippen LogP contribution in [-0.2, 0) is 9.59 Å². The van der Waals surface area contributed by atoms with Crippen molar-refractivity contribution >= 4 is 29.7 Å². The lowest BCUT2D eigenvalue weighted by Crippen LogP contribution is -2.40. The number of allylic oxidation sites excluding steroid dienone is 2. The average Bonchev–Trinajstić information content (AvgIpc) is 3.03. The molecule has 1 amide bonds. The Morgan fingerprint density at radius 2 is 2.12 bits per heavy atom. The van der Waals surface area contributed by atoms with Gasteiger partial charge in [-0.05, 0) is 36.1 Å². The molecule has 0 aromatic heterocycles. The third kappa shape index (κ3) is 5.34. The SMILES string of the molecule is CSCC[C@H](NC(=O)/C=C\C=C\c1ccc2c(c1)OCO2)C(=O)O. The summed E-state index contributed by atoms with van der Waals surface area (Å²) in [6.45, 7) is 0.226. The molecule has 0 saturated carbocycles. The monoisotopic (exact) mass is 349 g/mol. The number of ether oxygens (including phenoxy) is 2. The first-order valence-electron chi connectivity index (χ1n) is 7.37. The molecule has 0 saturated heterocycles. The van der Waals surface area contributed by atoms with Crippen molar-refractivity contribution in [3.63, 3.8) is 0 Å². The van der Waals surface area contributed by atoms with Crippen molar-refractivity contribution in [3.8, 4) is 11.5 Å². The third-order valence-electron chi connectivity index (χ3n) is 3.27. The predicted octanol–water partition coefficient (Wildman–Crippen LogP) is 2.31. The van der Waals surface area contributed by atoms with Crippen LogP contribution in [0.4, 0.5) is 0 Å². The van der Waals surface area contributed by atoms with E-state index < -0.39 is 17.9 Å². The fourth-order valence-corrected chi connectivity index (χ4v) is 2.51. The molecule has 6 nitrogen and oxygen atoms in total. The minimum atomic E-state index is -1.03. The summed E-state index contributed by atoms with van der Waals surface area (Å²) in [5.41, 5.74) is 0.910. The second-order valence-corrected chi connectivity index (χ2v) is 6.00. The molecular formula is C17H19NO5S. The highest BCUT2D eigenvalue weighted by Crippen LogP contribution is 2.32. The summed E-state index contributed by atoms with van der Waals surface area (Å²) in [5, 5.41) is 11.5. The number of carboxylic acid groups (broad SMARTS) is 1. The van der Waals surface area contributed by atoms with Crippen molar-refractivity contribution in [1.29, 1.82) is 0 Å². The largest absolute Gasteiger partial charge is 0.480 e. The molecule has 1 atom stereocenters. The fourth-order valence-electron chi connectivity index (χ4n) is 2.04. The van der Waals surface area contributed by atoms with Crippen molar-refractivity contribution < 1.29 is 24.2 Å². The van der Waals surface area contributed by atoms with Gasteiger partial charge in [-0.2, -0.15) is 11.8 Å². The molecule has 2 rings (SSSR count). The van der Waals surface area contributed by atoms with Gasteiger partial charge in [-0.1, -0.05) is 24.3 Å². The highest BCUT2D eigenvalue weighted by atomic mass is 32.2. The molecule has 0 aliphatic carbocycles. The van der Waals surface area contributed by atoms with Gasteiger partial charge in [0.15, 0.2) is 11.5 Å². The van der Waals surface area contributed by atoms with Crippen molar-refractivity contribution in [3.05, 3.63) is 42.0 Å². The Morgan fingerprint density at radius 1 is 1.33 bits per heavy atom. The number of carbonyl (C=O) groups excluding carboxylic acids is 1. The molecule has 7 heteroatoms. The molecule has 128 valence electrons. The number of rotatable bonds is 8. The number of carbonyl (C=O) groups is 2. The molecule has 0 unspecified atom stereocenters. The van der Waals surface area contributed by atoms with Gasteiger partial charge >= 0.3 is 5.97 Å². The van der Waals surface area contributed by atoms with E-state index in [1.54, 1.807) is 12.2 Å². The van der Waals surface area contributed by atoms with Crippen molar-refractivity contribution in [1.82, 2.24) is 5.32 Å². The maximum atomic E-state index is 11.7. The van der Waals surface area contributed by atoms with Crippen LogP contribution < -0.4 is 14.8 Å². The number of hydrogen-bond donors (Lipinski definition) is 2. The van der Waals surface area contributed by atoms with E-state index in [0.29, 0.717) is 23.7 Å². The molecule has 1 aromatic carbocycles. The van der Waals surface area contributed by atoms with E-state index in [1.165, 1.54) is 17.8 Å². The van der Waals surface area contributed by atoms with Crippen LogP contribution >= 0.6 is 11.8 Å². The lowest BCUT2D eigenvalue weighted by molar-refractivity contribution is -0.141. The first kappa shape index (κ1) is 17.9. The molecular weight excluding hydrogens is 330 g/mol. The van der Waals surface area contributed by atoms with E-state index in [1.807, 2.05) is 30.5 Å². The summed E-state index contributed by atoms with van der Waals surface area (Å²) >= 11 is 1.54. The van der Waals surface area contributed by atoms with Gasteiger partial charge in [0.25, 0.3) is 0 Å². The first-order valence-corrected chi connectivity index (χ1v) is 8.76. The second-order valence-electron chi connectivity index (χ2n) is 5.01. The number of hydrogen-bond acceptors (Lipinski definition) is 5. The van der Waals surface area contributed by atoms with Gasteiger partial charge in [0.2, 0.25) is 12.7 Å². The second kappa shape index (κ2) is 9.02. The molecule has 2 N–H and O–H groups in total. The highest BCUT2D eigenvalue weighted by Gasteiger charge is 2.17. The minimum Gasteiger partial charge on any atom is -0.480 e. The number of aliphatic carboxylic acids is 1. The molecule has 24 heavy (non-hydrogen) atoms. The Balaban J connectivity index is 1.86. The van der Waals surface area contributed by atoms with Crippen LogP contribution in [0.25, 0.3) is 6.08 Å². The quantitative estimate of drug-likeness (QED) is 0.553. The van der Waals surface area contributed by atoms with Crippen molar-refractivity contribution in [2.75, 3.05) is 18.8 Å². The molecule has 1 aromatic rings. The summed E-state index contributed by atoms with van der Waals surface area (Å²) in [7, 11) is 0. The van der Waals surface area contributed by atoms with E-state index in [-0.39, 0.29) is 6.79 Å². The minimum absolute atomic E-state index is 0.226. The number of amides is 1. The molecule has 1 heterocycles. The normalized spacial score (nSPS) is 14.2. The lowest BCUT2D eigenvalue weighted by atomic mass is 10.2. The van der Waals surface area contributed by atoms with Gasteiger partial charge in [-0.15, -0.1) is 0 Å². The molecule has 1 aliphatic heterocycles. The summed E-state index contributed by atoms with van der Waals surface area (Å²) in [6.07, 6.45) is 8.67. The van der Waals surface area contributed by atoms with Gasteiger partial charge in [0.05, 0.1) is 0 Å². The third-order valence-corrected chi connectivity index (χ3v) is 3.91. The molecule has 0 radical (unpaired) electrons. The summed E-state index contributed by atoms with van der Waals surface area (Å²) in [6, 6.07) is 4.67. The van der Waals surface area contributed by atoms with E-state index in [4.69, 9.17) is 14.6 Å². The van der Waals surface area contributed by atoms with E-state index in [2.05, 4.69) is 5.32 Å². The fraction of sp³-hybridized carbons (Fsp3) is 0.294. The Bertz CT molecular complexity index is 656. The standard InChI is InChI=1S/C17H19NO5S/c1-24-9-8-13(17(20)21)18-16(19)5-3-2-4-12-6-7-14-15(10-12)23-11-22-14/h2-7,10,13H,8-9,11H2,1H3,(H,18,19)(H,20,21)/b4-2+,5-3-/t13-/m0/s1. The number of benzene rings is 1. The number of carboxylic acids is 1. The average molecular weight is 349 g/mol. The van der Waals surface area contributed by atoms with E-state index in [9.17, 15) is 9.59 Å². The van der Waals surface area contributed by atoms with Crippen LogP contribution in [0.3, 0.4) is 0 Å². The molecule has 0 fully saturated rings. The van der Waals surface area contributed by atoms with Gasteiger partial charge in [-0.3, -0.25) is 4.79 Å². The zero-order chi connectivity index (χ0) is 17.4. The summed E-state index contributed by atoms with van der Waals surface area (Å²) in [4.78, 5) is 22.8. The van der Waals surface area contributed by atoms with Gasteiger partial charge in [-0.25, -0.2) is 4.79 Å². The van der Waals surface area contributed by atoms with Gasteiger partial charge in [0.1, 0.15) is 6.04 Å². The lowest BCUT2D eigenvalue weighted by Gasteiger charge is -2.11. The first-order chi connectivity index (χ1) is 11.6. The van der Waals surface area contributed by atoms with Crippen LogP contribution in [-0.4, -0.2) is 41.8 Å². The van der Waals surface area contributed by atoms with E-state index >= 15 is 0 Å². The van der Waals surface area contributed by atoms with Crippen LogP contribution in [0.1, 0.15) is 12.0 Å². The van der Waals surface area contributed by atoms with Crippen LogP contribution in [0.15, 0.2) is 36.4 Å². The highest BCUT2D eigenvalue weighted by molar-refractivity contribution is 7.98. The van der Waals surface area contributed by atoms with Crippen molar-refractivity contribution in [2.24, 2.45) is 0 Å². The Kier molecular flexibility index (Phi) is 6.74.